The van der Waals surface area contributed by atoms with E-state index in [-0.39, 0.29) is 23.3 Å². The first-order valence-electron chi connectivity index (χ1n) is 8.81. The molecule has 1 heterocycles. The Morgan fingerprint density at radius 2 is 1.86 bits per heavy atom. The van der Waals surface area contributed by atoms with Gasteiger partial charge in [0.2, 0.25) is 0 Å². The lowest BCUT2D eigenvalue weighted by Crippen LogP contribution is -2.49. The number of hydrogen-bond acceptors (Lipinski definition) is 5. The molecule has 9 heteroatoms. The Kier molecular flexibility index (Phi) is 6.05. The van der Waals surface area contributed by atoms with Crippen molar-refractivity contribution in [2.24, 2.45) is 0 Å². The van der Waals surface area contributed by atoms with Crippen molar-refractivity contribution in [2.45, 2.75) is 6.54 Å². The molecule has 0 bridgehead atoms. The normalized spacial score (nSPS) is 14.6. The highest BCUT2D eigenvalue weighted by atomic mass is 19.1. The molecule has 2 amide bonds. The van der Waals surface area contributed by atoms with Crippen LogP contribution >= 0.6 is 0 Å². The number of carbonyl (C=O) groups excluding carboxylic acids is 1. The molecule has 0 aliphatic carbocycles. The minimum atomic E-state index is -0.487. The first-order chi connectivity index (χ1) is 13.5. The summed E-state index contributed by atoms with van der Waals surface area (Å²) in [7, 11) is 1.43. The molecule has 0 aromatic heterocycles. The lowest BCUT2D eigenvalue weighted by Gasteiger charge is -2.34. The quantitative estimate of drug-likeness (QED) is 0.628. The molecule has 0 atom stereocenters. The van der Waals surface area contributed by atoms with Crippen molar-refractivity contribution in [1.82, 2.24) is 9.80 Å². The Morgan fingerprint density at radius 3 is 2.43 bits per heavy atom. The summed E-state index contributed by atoms with van der Waals surface area (Å²) in [5.74, 6) is -0.169. The van der Waals surface area contributed by atoms with Gasteiger partial charge in [0.15, 0.2) is 11.6 Å². The maximum atomic E-state index is 13.8. The van der Waals surface area contributed by atoms with Crippen LogP contribution in [-0.4, -0.2) is 54.0 Å². The lowest BCUT2D eigenvalue weighted by atomic mass is 10.2. The van der Waals surface area contributed by atoms with Gasteiger partial charge in [0.25, 0.3) is 5.69 Å². The van der Waals surface area contributed by atoms with E-state index in [2.05, 4.69) is 10.2 Å². The van der Waals surface area contributed by atoms with Crippen molar-refractivity contribution in [2.75, 3.05) is 38.6 Å². The van der Waals surface area contributed by atoms with Crippen molar-refractivity contribution in [1.29, 1.82) is 0 Å². The van der Waals surface area contributed by atoms with Crippen LogP contribution in [0.4, 0.5) is 20.6 Å². The molecule has 2 aromatic rings. The third kappa shape index (κ3) is 4.74. The van der Waals surface area contributed by atoms with Crippen LogP contribution in [-0.2, 0) is 6.54 Å². The van der Waals surface area contributed by atoms with Gasteiger partial charge in [0, 0.05) is 50.5 Å². The maximum absolute atomic E-state index is 13.8. The summed E-state index contributed by atoms with van der Waals surface area (Å²) in [5, 5.41) is 13.4. The number of amides is 2. The summed E-state index contributed by atoms with van der Waals surface area (Å²) in [6, 6.07) is 10.4. The van der Waals surface area contributed by atoms with E-state index >= 15 is 0 Å². The van der Waals surface area contributed by atoms with Gasteiger partial charge < -0.3 is 15.0 Å². The molecule has 0 saturated carbocycles. The number of nitrogens with zero attached hydrogens (tertiary/aromatic N) is 3. The first-order valence-corrected chi connectivity index (χ1v) is 8.81. The predicted molar refractivity (Wildman–Crippen MR) is 102 cm³/mol. The minimum Gasteiger partial charge on any atom is -0.494 e. The smallest absolute Gasteiger partial charge is 0.321 e. The molecule has 2 aromatic carbocycles. The van der Waals surface area contributed by atoms with E-state index in [0.29, 0.717) is 38.4 Å². The second-order valence-corrected chi connectivity index (χ2v) is 6.47. The molecule has 148 valence electrons. The Hall–Kier alpha value is -3.20. The number of ether oxygens (including phenoxy) is 1. The largest absolute Gasteiger partial charge is 0.494 e. The number of nitrogens with one attached hydrogen (secondary N) is 1. The van der Waals surface area contributed by atoms with Gasteiger partial charge in [-0.05, 0) is 29.8 Å². The summed E-state index contributed by atoms with van der Waals surface area (Å²) in [6.45, 7) is 3.01. The SMILES string of the molecule is COc1ccc(CN2CCN(C(=O)Nc3ccc([N+](=O)[O-])cc3)CC2)cc1F. The molecule has 1 N–H and O–H groups in total. The Balaban J connectivity index is 1.49. The molecule has 1 aliphatic heterocycles. The zero-order valence-corrected chi connectivity index (χ0v) is 15.4. The number of rotatable bonds is 5. The zero-order valence-electron chi connectivity index (χ0n) is 15.4. The second kappa shape index (κ2) is 8.66. The highest BCUT2D eigenvalue weighted by Crippen LogP contribution is 2.20. The number of nitro groups is 1. The summed E-state index contributed by atoms with van der Waals surface area (Å²) in [4.78, 5) is 26.4. The highest BCUT2D eigenvalue weighted by molar-refractivity contribution is 5.89. The van der Waals surface area contributed by atoms with Crippen molar-refractivity contribution in [3.8, 4) is 5.75 Å². The summed E-state index contributed by atoms with van der Waals surface area (Å²) >= 11 is 0. The zero-order chi connectivity index (χ0) is 20.1. The molecule has 1 saturated heterocycles. The second-order valence-electron chi connectivity index (χ2n) is 6.47. The molecule has 0 unspecified atom stereocenters. The molecule has 0 spiro atoms. The summed E-state index contributed by atoms with van der Waals surface area (Å²) in [5.41, 5.74) is 1.33. The Morgan fingerprint density at radius 1 is 1.18 bits per heavy atom. The number of piperazine rings is 1. The highest BCUT2D eigenvalue weighted by Gasteiger charge is 2.21. The van der Waals surface area contributed by atoms with Crippen LogP contribution < -0.4 is 10.1 Å². The van der Waals surface area contributed by atoms with Crippen LogP contribution in [0.3, 0.4) is 0 Å². The monoisotopic (exact) mass is 388 g/mol. The maximum Gasteiger partial charge on any atom is 0.321 e. The fourth-order valence-corrected chi connectivity index (χ4v) is 3.04. The summed E-state index contributed by atoms with van der Waals surface area (Å²) < 4.78 is 18.7. The molecule has 8 nitrogen and oxygen atoms in total. The fraction of sp³-hybridized carbons (Fsp3) is 0.316. The van der Waals surface area contributed by atoms with Gasteiger partial charge in [-0.1, -0.05) is 6.07 Å². The summed E-state index contributed by atoms with van der Waals surface area (Å²) in [6.07, 6.45) is 0. The van der Waals surface area contributed by atoms with Crippen LogP contribution in [0.2, 0.25) is 0 Å². The van der Waals surface area contributed by atoms with Crippen molar-refractivity contribution < 1.29 is 18.8 Å². The van der Waals surface area contributed by atoms with Gasteiger partial charge in [-0.15, -0.1) is 0 Å². The van der Waals surface area contributed by atoms with Gasteiger partial charge in [-0.3, -0.25) is 15.0 Å². The van der Waals surface area contributed by atoms with Gasteiger partial charge in [-0.2, -0.15) is 0 Å². The number of non-ortho nitro benzene ring substituents is 1. The number of anilines is 1. The van der Waals surface area contributed by atoms with Crippen LogP contribution in [0.1, 0.15) is 5.56 Å². The Bertz CT molecular complexity index is 852. The Labute approximate surface area is 161 Å². The van der Waals surface area contributed by atoms with Crippen molar-refractivity contribution >= 4 is 17.4 Å². The first kappa shape index (κ1) is 19.6. The van der Waals surface area contributed by atoms with E-state index < -0.39 is 4.92 Å². The third-order valence-corrected chi connectivity index (χ3v) is 4.61. The van der Waals surface area contributed by atoms with Crippen LogP contribution in [0, 0.1) is 15.9 Å². The molecule has 3 rings (SSSR count). The van der Waals surface area contributed by atoms with E-state index in [1.54, 1.807) is 11.0 Å². The third-order valence-electron chi connectivity index (χ3n) is 4.61. The van der Waals surface area contributed by atoms with E-state index in [1.165, 1.54) is 37.4 Å². The molecular formula is C19H21FN4O4. The molecular weight excluding hydrogens is 367 g/mol. The number of halogens is 1. The lowest BCUT2D eigenvalue weighted by molar-refractivity contribution is -0.384. The van der Waals surface area contributed by atoms with Crippen molar-refractivity contribution in [3.63, 3.8) is 0 Å². The van der Waals surface area contributed by atoms with Gasteiger partial charge in [0.1, 0.15) is 0 Å². The van der Waals surface area contributed by atoms with Gasteiger partial charge in [0.05, 0.1) is 12.0 Å². The average Bonchev–Trinajstić information content (AvgIpc) is 2.69. The van der Waals surface area contributed by atoms with Gasteiger partial charge in [-0.25, -0.2) is 9.18 Å². The fourth-order valence-electron chi connectivity index (χ4n) is 3.04. The standard InChI is InChI=1S/C19H21FN4O4/c1-28-18-7-2-14(12-17(18)20)13-22-8-10-23(11-9-22)19(25)21-15-3-5-16(6-4-15)24(26)27/h2-7,12H,8-11,13H2,1H3,(H,21,25). The molecule has 28 heavy (non-hydrogen) atoms. The van der Waals surface area contributed by atoms with Crippen LogP contribution in [0.25, 0.3) is 0 Å². The number of carbonyl (C=O) groups is 1. The van der Waals surface area contributed by atoms with E-state index in [4.69, 9.17) is 4.74 Å². The van der Waals surface area contributed by atoms with Crippen molar-refractivity contribution in [3.05, 3.63) is 64.0 Å². The number of methoxy groups -OCH3 is 1. The predicted octanol–water partition coefficient (Wildman–Crippen LogP) is 3.09. The molecule has 1 fully saturated rings. The average molecular weight is 388 g/mol. The van der Waals surface area contributed by atoms with Crippen LogP contribution in [0.15, 0.2) is 42.5 Å². The minimum absolute atomic E-state index is 0.0263. The molecule has 1 aliphatic rings. The molecule has 0 radical (unpaired) electrons. The van der Waals surface area contributed by atoms with E-state index in [0.717, 1.165) is 5.56 Å². The number of urea groups is 1. The number of benzene rings is 2. The number of nitro benzene ring substituents is 1. The van der Waals surface area contributed by atoms with E-state index in [1.807, 2.05) is 6.07 Å². The van der Waals surface area contributed by atoms with Gasteiger partial charge >= 0.3 is 6.03 Å². The van der Waals surface area contributed by atoms with E-state index in [9.17, 15) is 19.3 Å². The number of hydrogen-bond donors (Lipinski definition) is 1. The topological polar surface area (TPSA) is 88.0 Å². The van der Waals surface area contributed by atoms with Crippen LogP contribution in [0.5, 0.6) is 5.75 Å².